The summed E-state index contributed by atoms with van der Waals surface area (Å²) < 4.78 is 5.52. The average Bonchev–Trinajstić information content (AvgIpc) is 2.38. The first-order valence-electron chi connectivity index (χ1n) is 5.42. The molecule has 0 amide bonds. The molecule has 1 aromatic carbocycles. The van der Waals surface area contributed by atoms with Crippen LogP contribution in [0.2, 0.25) is 0 Å². The Hall–Kier alpha value is -1.94. The number of ether oxygens (including phenoxy) is 1. The summed E-state index contributed by atoms with van der Waals surface area (Å²) in [5.41, 5.74) is 1.09. The van der Waals surface area contributed by atoms with Crippen LogP contribution in [-0.4, -0.2) is 15.1 Å². The minimum absolute atomic E-state index is 0.400. The number of aliphatic hydroxyl groups is 1. The smallest absolute Gasteiger partial charge is 0.156 e. The van der Waals surface area contributed by atoms with Gasteiger partial charge in [0.15, 0.2) is 11.6 Å². The maximum absolute atomic E-state index is 9.26. The maximum atomic E-state index is 9.26. The van der Waals surface area contributed by atoms with Gasteiger partial charge in [0.1, 0.15) is 12.7 Å². The molecule has 1 aromatic heterocycles. The number of hydrogen-bond donors (Lipinski definition) is 1. The van der Waals surface area contributed by atoms with Gasteiger partial charge in [-0.1, -0.05) is 30.3 Å². The Morgan fingerprint density at radius 3 is 2.41 bits per heavy atom. The third-order valence-electron chi connectivity index (χ3n) is 2.27. The summed E-state index contributed by atoms with van der Waals surface area (Å²) in [5, 5.41) is 9.26. The van der Waals surface area contributed by atoms with Crippen molar-refractivity contribution in [3.05, 3.63) is 54.1 Å². The molecule has 0 unspecified atom stereocenters. The third-order valence-corrected chi connectivity index (χ3v) is 2.27. The number of hydrogen-bond acceptors (Lipinski definition) is 4. The van der Waals surface area contributed by atoms with E-state index in [4.69, 9.17) is 4.74 Å². The first-order valence-corrected chi connectivity index (χ1v) is 5.42. The zero-order chi connectivity index (χ0) is 12.1. The van der Waals surface area contributed by atoms with E-state index in [2.05, 4.69) is 9.97 Å². The summed E-state index contributed by atoms with van der Waals surface area (Å²) in [7, 11) is 0. The van der Waals surface area contributed by atoms with E-state index in [0.29, 0.717) is 18.2 Å². The van der Waals surface area contributed by atoms with Crippen LogP contribution in [0, 0.1) is 0 Å². The van der Waals surface area contributed by atoms with Gasteiger partial charge < -0.3 is 9.84 Å². The van der Waals surface area contributed by atoms with E-state index < -0.39 is 6.10 Å². The molecule has 2 aromatic rings. The van der Waals surface area contributed by atoms with Gasteiger partial charge in [-0.25, -0.2) is 9.97 Å². The summed E-state index contributed by atoms with van der Waals surface area (Å²) in [5.74, 6) is 0.996. The molecular formula is C13H14N2O2. The van der Waals surface area contributed by atoms with Gasteiger partial charge in [0.25, 0.3) is 0 Å². The number of aromatic nitrogens is 2. The molecule has 1 N–H and O–H groups in total. The first kappa shape index (κ1) is 11.5. The van der Waals surface area contributed by atoms with Crippen molar-refractivity contribution in [1.29, 1.82) is 0 Å². The second-order valence-electron chi connectivity index (χ2n) is 3.73. The summed E-state index contributed by atoms with van der Waals surface area (Å²) in [6.45, 7) is 2.11. The Kier molecular flexibility index (Phi) is 3.67. The predicted octanol–water partition coefficient (Wildman–Crippen LogP) is 2.11. The highest BCUT2D eigenvalue weighted by Crippen LogP contribution is 2.12. The summed E-state index contributed by atoms with van der Waals surface area (Å²) in [4.78, 5) is 8.01. The zero-order valence-electron chi connectivity index (χ0n) is 9.58. The van der Waals surface area contributed by atoms with E-state index in [1.54, 1.807) is 19.3 Å². The van der Waals surface area contributed by atoms with E-state index in [-0.39, 0.29) is 0 Å². The molecule has 0 radical (unpaired) electrons. The third kappa shape index (κ3) is 3.26. The summed E-state index contributed by atoms with van der Waals surface area (Å²) in [6.07, 6.45) is 2.48. The van der Waals surface area contributed by atoms with E-state index in [9.17, 15) is 5.11 Å². The highest BCUT2D eigenvalue weighted by atomic mass is 16.5. The molecule has 1 atom stereocenters. The highest BCUT2D eigenvalue weighted by Gasteiger charge is 2.04. The predicted molar refractivity (Wildman–Crippen MR) is 63.4 cm³/mol. The molecule has 0 fully saturated rings. The number of rotatable bonds is 4. The molecule has 4 heteroatoms. The Balaban J connectivity index is 1.96. The van der Waals surface area contributed by atoms with Crippen molar-refractivity contribution in [2.75, 3.05) is 0 Å². The molecule has 0 aliphatic heterocycles. The van der Waals surface area contributed by atoms with Crippen molar-refractivity contribution in [2.24, 2.45) is 0 Å². The maximum Gasteiger partial charge on any atom is 0.156 e. The van der Waals surface area contributed by atoms with Gasteiger partial charge in [-0.3, -0.25) is 0 Å². The molecule has 2 rings (SSSR count). The zero-order valence-corrected chi connectivity index (χ0v) is 9.58. The lowest BCUT2D eigenvalue weighted by Gasteiger charge is -2.06. The molecular weight excluding hydrogens is 216 g/mol. The van der Waals surface area contributed by atoms with Gasteiger partial charge in [0.2, 0.25) is 0 Å². The Morgan fingerprint density at radius 1 is 1.18 bits per heavy atom. The fraction of sp³-hybridized carbons (Fsp3) is 0.231. The molecule has 0 saturated heterocycles. The van der Waals surface area contributed by atoms with E-state index in [1.165, 1.54) is 0 Å². The minimum Gasteiger partial charge on any atom is -0.486 e. The molecule has 4 nitrogen and oxygen atoms in total. The van der Waals surface area contributed by atoms with Crippen molar-refractivity contribution in [3.8, 4) is 5.75 Å². The summed E-state index contributed by atoms with van der Waals surface area (Å²) >= 11 is 0. The van der Waals surface area contributed by atoms with E-state index in [1.807, 2.05) is 30.3 Å². The van der Waals surface area contributed by atoms with Gasteiger partial charge in [-0.15, -0.1) is 0 Å². The van der Waals surface area contributed by atoms with Crippen LogP contribution in [-0.2, 0) is 6.61 Å². The molecule has 0 saturated carbocycles. The van der Waals surface area contributed by atoms with Crippen molar-refractivity contribution in [2.45, 2.75) is 19.6 Å². The van der Waals surface area contributed by atoms with Crippen LogP contribution in [0.1, 0.15) is 24.4 Å². The van der Waals surface area contributed by atoms with Crippen molar-refractivity contribution in [3.63, 3.8) is 0 Å². The Bertz CT molecular complexity index is 455. The van der Waals surface area contributed by atoms with Crippen LogP contribution in [0.25, 0.3) is 0 Å². The SMILES string of the molecule is C[C@H](O)c1ncc(OCc2ccccc2)cn1. The molecule has 0 bridgehead atoms. The minimum atomic E-state index is -0.654. The second-order valence-corrected chi connectivity index (χ2v) is 3.73. The van der Waals surface area contributed by atoms with Gasteiger partial charge in [-0.05, 0) is 12.5 Å². The first-order chi connectivity index (χ1) is 8.25. The standard InChI is InChI=1S/C13H14N2O2/c1-10(16)13-14-7-12(8-15-13)17-9-11-5-3-2-4-6-11/h2-8,10,16H,9H2,1H3/t10-/m0/s1. The Labute approximate surface area is 99.9 Å². The normalized spacial score (nSPS) is 12.1. The van der Waals surface area contributed by atoms with E-state index in [0.717, 1.165) is 5.56 Å². The quantitative estimate of drug-likeness (QED) is 0.874. The van der Waals surface area contributed by atoms with Crippen LogP contribution in [0.3, 0.4) is 0 Å². The monoisotopic (exact) mass is 230 g/mol. The lowest BCUT2D eigenvalue weighted by Crippen LogP contribution is -2.01. The molecule has 1 heterocycles. The van der Waals surface area contributed by atoms with Crippen molar-refractivity contribution < 1.29 is 9.84 Å². The number of nitrogens with zero attached hydrogens (tertiary/aromatic N) is 2. The highest BCUT2D eigenvalue weighted by molar-refractivity contribution is 5.17. The number of aliphatic hydroxyl groups excluding tert-OH is 1. The molecule has 0 spiro atoms. The van der Waals surface area contributed by atoms with Crippen LogP contribution in [0.15, 0.2) is 42.7 Å². The average molecular weight is 230 g/mol. The topological polar surface area (TPSA) is 55.2 Å². The van der Waals surface area contributed by atoms with Crippen molar-refractivity contribution in [1.82, 2.24) is 9.97 Å². The van der Waals surface area contributed by atoms with Gasteiger partial charge >= 0.3 is 0 Å². The van der Waals surface area contributed by atoms with Crippen LogP contribution < -0.4 is 4.74 Å². The fourth-order valence-electron chi connectivity index (χ4n) is 1.36. The van der Waals surface area contributed by atoms with E-state index >= 15 is 0 Å². The van der Waals surface area contributed by atoms with Gasteiger partial charge in [-0.2, -0.15) is 0 Å². The lowest BCUT2D eigenvalue weighted by molar-refractivity contribution is 0.188. The lowest BCUT2D eigenvalue weighted by atomic mass is 10.2. The molecule has 0 aliphatic rings. The summed E-state index contributed by atoms with van der Waals surface area (Å²) in [6, 6.07) is 9.87. The van der Waals surface area contributed by atoms with Crippen molar-refractivity contribution >= 4 is 0 Å². The second kappa shape index (κ2) is 5.41. The van der Waals surface area contributed by atoms with Crippen LogP contribution in [0.5, 0.6) is 5.75 Å². The largest absolute Gasteiger partial charge is 0.486 e. The van der Waals surface area contributed by atoms with Gasteiger partial charge in [0.05, 0.1) is 12.4 Å². The van der Waals surface area contributed by atoms with Crippen LogP contribution in [0.4, 0.5) is 0 Å². The molecule has 0 aliphatic carbocycles. The van der Waals surface area contributed by atoms with Crippen LogP contribution >= 0.6 is 0 Å². The fourth-order valence-corrected chi connectivity index (χ4v) is 1.36. The van der Waals surface area contributed by atoms with Gasteiger partial charge in [0, 0.05) is 0 Å². The number of benzene rings is 1. The Morgan fingerprint density at radius 2 is 1.82 bits per heavy atom. The molecule has 88 valence electrons. The molecule has 17 heavy (non-hydrogen) atoms.